The second kappa shape index (κ2) is 10.3. The molecule has 0 amide bonds. The van der Waals surface area contributed by atoms with E-state index in [1.165, 1.54) is 88.6 Å². The van der Waals surface area contributed by atoms with Crippen molar-refractivity contribution in [2.75, 3.05) is 0 Å². The summed E-state index contributed by atoms with van der Waals surface area (Å²) < 4.78 is 0. The number of fused-ring (bicyclic) bond motifs is 1. The van der Waals surface area contributed by atoms with Crippen LogP contribution in [0.25, 0.3) is 17.2 Å². The van der Waals surface area contributed by atoms with Gasteiger partial charge in [-0.25, -0.2) is 0 Å². The van der Waals surface area contributed by atoms with Crippen LogP contribution in [0.2, 0.25) is 0 Å². The van der Waals surface area contributed by atoms with Gasteiger partial charge in [0.25, 0.3) is 0 Å². The summed E-state index contributed by atoms with van der Waals surface area (Å²) in [7, 11) is 0. The zero-order chi connectivity index (χ0) is 26.3. The summed E-state index contributed by atoms with van der Waals surface area (Å²) in [6, 6.07) is 12.0. The Morgan fingerprint density at radius 3 is 2.43 bits per heavy atom. The molecule has 194 valence electrons. The standard InChI is InChI=1S/C37H46/c1-24-16-17-25(2)33(27(24)4)21-29-19-30-14-11-15-32(35(30)22-29)36-23-31(37(5,6)7)18-26(3)34(36)20-28-12-9-8-10-13-28/h11,14-19,23-24,28,33H,2,4,8-10,12-13,20-22H2,1,3,5-7H3. The molecule has 2 aromatic rings. The van der Waals surface area contributed by atoms with Crippen LogP contribution in [-0.2, 0) is 18.3 Å². The van der Waals surface area contributed by atoms with Crippen LogP contribution in [0.4, 0.5) is 0 Å². The predicted molar refractivity (Wildman–Crippen MR) is 162 cm³/mol. The first-order chi connectivity index (χ1) is 17.6. The second-order valence-electron chi connectivity index (χ2n) is 13.2. The zero-order valence-corrected chi connectivity index (χ0v) is 23.9. The average Bonchev–Trinajstić information content (AvgIpc) is 3.28. The number of allylic oxidation sites excluding steroid dienone is 5. The normalized spacial score (nSPS) is 22.4. The Labute approximate surface area is 226 Å². The first-order valence-electron chi connectivity index (χ1n) is 14.6. The third kappa shape index (κ3) is 5.36. The summed E-state index contributed by atoms with van der Waals surface area (Å²) in [6.45, 7) is 20.5. The van der Waals surface area contributed by atoms with Crippen LogP contribution < -0.4 is 0 Å². The summed E-state index contributed by atoms with van der Waals surface area (Å²) in [5.74, 6) is 1.62. The minimum atomic E-state index is 0.135. The van der Waals surface area contributed by atoms with E-state index in [1.54, 1.807) is 5.56 Å². The minimum Gasteiger partial charge on any atom is -0.0986 e. The van der Waals surface area contributed by atoms with Gasteiger partial charge in [-0.1, -0.05) is 133 Å². The molecule has 5 rings (SSSR count). The molecule has 0 aliphatic heterocycles. The van der Waals surface area contributed by atoms with Gasteiger partial charge in [0, 0.05) is 5.92 Å². The maximum absolute atomic E-state index is 4.45. The summed E-state index contributed by atoms with van der Waals surface area (Å²) in [4.78, 5) is 0. The second-order valence-corrected chi connectivity index (χ2v) is 13.2. The Balaban J connectivity index is 1.51. The van der Waals surface area contributed by atoms with Gasteiger partial charge in [0.15, 0.2) is 0 Å². The molecule has 0 nitrogen and oxygen atoms in total. The van der Waals surface area contributed by atoms with Crippen molar-refractivity contribution in [3.8, 4) is 11.1 Å². The molecule has 0 spiro atoms. The van der Waals surface area contributed by atoms with Crippen molar-refractivity contribution >= 4 is 6.08 Å². The lowest BCUT2D eigenvalue weighted by molar-refractivity contribution is 0.356. The van der Waals surface area contributed by atoms with Crippen LogP contribution in [-0.4, -0.2) is 0 Å². The highest BCUT2D eigenvalue weighted by Gasteiger charge is 2.27. The Kier molecular flexibility index (Phi) is 7.23. The Bertz CT molecular complexity index is 1270. The van der Waals surface area contributed by atoms with Crippen LogP contribution in [0.15, 0.2) is 72.4 Å². The maximum Gasteiger partial charge on any atom is 0.00826 e. The fraction of sp³-hybridized carbons (Fsp3) is 0.459. The number of rotatable bonds is 5. The molecule has 0 heterocycles. The fourth-order valence-electron chi connectivity index (χ4n) is 6.85. The molecule has 0 radical (unpaired) electrons. The highest BCUT2D eigenvalue weighted by molar-refractivity contribution is 5.80. The summed E-state index contributed by atoms with van der Waals surface area (Å²) in [6.07, 6.45) is 17.2. The van der Waals surface area contributed by atoms with Crippen molar-refractivity contribution in [2.45, 2.75) is 91.4 Å². The van der Waals surface area contributed by atoms with E-state index >= 15 is 0 Å². The molecule has 0 N–H and O–H groups in total. The van der Waals surface area contributed by atoms with Crippen LogP contribution in [0, 0.1) is 24.7 Å². The summed E-state index contributed by atoms with van der Waals surface area (Å²) in [5, 5.41) is 0. The van der Waals surface area contributed by atoms with E-state index < -0.39 is 0 Å². The molecule has 3 aliphatic rings. The van der Waals surface area contributed by atoms with E-state index in [-0.39, 0.29) is 5.41 Å². The van der Waals surface area contributed by atoms with Gasteiger partial charge in [0.1, 0.15) is 0 Å². The van der Waals surface area contributed by atoms with Crippen molar-refractivity contribution < 1.29 is 0 Å². The van der Waals surface area contributed by atoms with Crippen molar-refractivity contribution in [3.63, 3.8) is 0 Å². The maximum atomic E-state index is 4.45. The van der Waals surface area contributed by atoms with Gasteiger partial charge in [-0.15, -0.1) is 0 Å². The molecular weight excluding hydrogens is 444 g/mol. The molecule has 1 fully saturated rings. The SMILES string of the molecule is C=C1C=CC(C)C(=C)C1CC1=Cc2cccc(-c3cc(C(C)(C)C)cc(C)c3CC3CCCCC3)c2C1. The lowest BCUT2D eigenvalue weighted by Gasteiger charge is -2.28. The first-order valence-corrected chi connectivity index (χ1v) is 14.6. The first kappa shape index (κ1) is 26.0. The molecule has 3 aliphatic carbocycles. The van der Waals surface area contributed by atoms with E-state index in [2.05, 4.69) is 96.3 Å². The Hall–Kier alpha value is -2.60. The van der Waals surface area contributed by atoms with Crippen molar-refractivity contribution in [2.24, 2.45) is 17.8 Å². The predicted octanol–water partition coefficient (Wildman–Crippen LogP) is 10.3. The molecule has 2 atom stereocenters. The monoisotopic (exact) mass is 490 g/mol. The van der Waals surface area contributed by atoms with Crippen molar-refractivity contribution in [1.29, 1.82) is 0 Å². The van der Waals surface area contributed by atoms with Crippen molar-refractivity contribution in [1.82, 2.24) is 0 Å². The third-order valence-corrected chi connectivity index (χ3v) is 9.37. The lowest BCUT2D eigenvalue weighted by Crippen LogP contribution is -2.15. The molecule has 0 aromatic heterocycles. The molecule has 37 heavy (non-hydrogen) atoms. The van der Waals surface area contributed by atoms with Crippen LogP contribution in [0.1, 0.15) is 94.0 Å². The molecule has 0 heteroatoms. The van der Waals surface area contributed by atoms with Crippen LogP contribution >= 0.6 is 0 Å². The van der Waals surface area contributed by atoms with Crippen LogP contribution in [0.5, 0.6) is 0 Å². The number of aryl methyl sites for hydroxylation is 1. The van der Waals surface area contributed by atoms with E-state index in [0.29, 0.717) is 11.8 Å². The molecule has 0 saturated heterocycles. The molecule has 1 saturated carbocycles. The van der Waals surface area contributed by atoms with Gasteiger partial charge in [-0.2, -0.15) is 0 Å². The number of hydrogen-bond acceptors (Lipinski definition) is 0. The van der Waals surface area contributed by atoms with Gasteiger partial charge < -0.3 is 0 Å². The molecular formula is C37H46. The van der Waals surface area contributed by atoms with E-state index in [4.69, 9.17) is 0 Å². The quantitative estimate of drug-likeness (QED) is 0.366. The largest absolute Gasteiger partial charge is 0.0986 e. The van der Waals surface area contributed by atoms with Crippen molar-refractivity contribution in [3.05, 3.63) is 100 Å². The molecule has 2 unspecified atom stereocenters. The third-order valence-electron chi connectivity index (χ3n) is 9.37. The Morgan fingerprint density at radius 2 is 1.70 bits per heavy atom. The topological polar surface area (TPSA) is 0 Å². The van der Waals surface area contributed by atoms with Gasteiger partial charge in [0.2, 0.25) is 0 Å². The van der Waals surface area contributed by atoms with E-state index in [1.807, 2.05) is 0 Å². The molecule has 0 bridgehead atoms. The van der Waals surface area contributed by atoms with Gasteiger partial charge in [-0.05, 0) is 88.0 Å². The highest BCUT2D eigenvalue weighted by atomic mass is 14.3. The van der Waals surface area contributed by atoms with Crippen LogP contribution in [0.3, 0.4) is 0 Å². The summed E-state index contributed by atoms with van der Waals surface area (Å²) in [5.41, 5.74) is 14.6. The number of hydrogen-bond donors (Lipinski definition) is 0. The minimum absolute atomic E-state index is 0.135. The van der Waals surface area contributed by atoms with E-state index in [9.17, 15) is 0 Å². The smallest absolute Gasteiger partial charge is 0.00826 e. The van der Waals surface area contributed by atoms with E-state index in [0.717, 1.165) is 18.8 Å². The number of benzene rings is 2. The van der Waals surface area contributed by atoms with Gasteiger partial charge >= 0.3 is 0 Å². The highest BCUT2D eigenvalue weighted by Crippen LogP contribution is 2.43. The average molecular weight is 491 g/mol. The fourth-order valence-corrected chi connectivity index (χ4v) is 6.85. The van der Waals surface area contributed by atoms with Gasteiger partial charge in [0.05, 0.1) is 0 Å². The zero-order valence-electron chi connectivity index (χ0n) is 23.9. The summed E-state index contributed by atoms with van der Waals surface area (Å²) >= 11 is 0. The lowest BCUT2D eigenvalue weighted by atomic mass is 9.76. The molecule has 2 aromatic carbocycles. The Morgan fingerprint density at radius 1 is 0.946 bits per heavy atom. The van der Waals surface area contributed by atoms with Gasteiger partial charge in [-0.3, -0.25) is 0 Å².